The second-order valence-electron chi connectivity index (χ2n) is 4.44. The van der Waals surface area contributed by atoms with E-state index in [1.54, 1.807) is 0 Å². The molecule has 2 nitrogen and oxygen atoms in total. The highest BCUT2D eigenvalue weighted by Gasteiger charge is 2.13. The van der Waals surface area contributed by atoms with E-state index in [1.807, 2.05) is 39.0 Å². The second-order valence-corrected chi connectivity index (χ2v) is 4.44. The summed E-state index contributed by atoms with van der Waals surface area (Å²) in [5.41, 5.74) is 4.90. The Morgan fingerprint density at radius 2 is 1.53 bits per heavy atom. The Morgan fingerprint density at radius 1 is 0.824 bits per heavy atom. The van der Waals surface area contributed by atoms with Crippen molar-refractivity contribution in [3.8, 4) is 22.6 Å². The van der Waals surface area contributed by atoms with E-state index in [9.17, 15) is 10.2 Å². The van der Waals surface area contributed by atoms with Crippen LogP contribution in [0.4, 0.5) is 0 Å². The van der Waals surface area contributed by atoms with Gasteiger partial charge in [0.2, 0.25) is 0 Å². The fraction of sp³-hybridized carbons (Fsp3) is 0.200. The van der Waals surface area contributed by atoms with Crippen molar-refractivity contribution in [2.24, 2.45) is 0 Å². The molecule has 0 aliphatic carbocycles. The summed E-state index contributed by atoms with van der Waals surface area (Å²) < 4.78 is 0. The molecule has 2 N–H and O–H groups in total. The van der Waals surface area contributed by atoms with Crippen LogP contribution in [0.15, 0.2) is 30.3 Å². The third-order valence-corrected chi connectivity index (χ3v) is 3.02. The van der Waals surface area contributed by atoms with Crippen LogP contribution in [0, 0.1) is 20.8 Å². The van der Waals surface area contributed by atoms with Crippen molar-refractivity contribution < 1.29 is 10.2 Å². The molecule has 2 aromatic rings. The van der Waals surface area contributed by atoms with Crippen LogP contribution in [0.3, 0.4) is 0 Å². The summed E-state index contributed by atoms with van der Waals surface area (Å²) in [6, 6.07) is 9.37. The van der Waals surface area contributed by atoms with Gasteiger partial charge in [-0.25, -0.2) is 0 Å². The standard InChI is InChI=1S/C15H16O2/c1-9-4-6-12(11(3)8-9)14-10(2)5-7-13(16)15(14)17/h4-8,16-17H,1-3H3. The maximum absolute atomic E-state index is 9.98. The predicted octanol–water partition coefficient (Wildman–Crippen LogP) is 3.69. The average molecular weight is 228 g/mol. The molecule has 0 heterocycles. The number of hydrogen-bond donors (Lipinski definition) is 2. The van der Waals surface area contributed by atoms with Crippen LogP contribution in [0.1, 0.15) is 16.7 Å². The molecule has 2 aromatic carbocycles. The van der Waals surface area contributed by atoms with Gasteiger partial charge in [-0.2, -0.15) is 0 Å². The van der Waals surface area contributed by atoms with E-state index in [4.69, 9.17) is 0 Å². The van der Waals surface area contributed by atoms with Crippen molar-refractivity contribution in [1.82, 2.24) is 0 Å². The topological polar surface area (TPSA) is 40.5 Å². The van der Waals surface area contributed by atoms with Gasteiger partial charge in [0.15, 0.2) is 11.5 Å². The first-order valence-electron chi connectivity index (χ1n) is 5.60. The van der Waals surface area contributed by atoms with Gasteiger partial charge >= 0.3 is 0 Å². The Kier molecular flexibility index (Phi) is 2.80. The van der Waals surface area contributed by atoms with Crippen molar-refractivity contribution in [3.05, 3.63) is 47.0 Å². The Labute approximate surface area is 101 Å². The van der Waals surface area contributed by atoms with Gasteiger partial charge in [-0.3, -0.25) is 0 Å². The smallest absolute Gasteiger partial charge is 0.165 e. The van der Waals surface area contributed by atoms with Crippen LogP contribution < -0.4 is 0 Å². The molecule has 0 radical (unpaired) electrons. The van der Waals surface area contributed by atoms with E-state index in [1.165, 1.54) is 11.6 Å². The molecule has 0 aliphatic rings. The number of hydrogen-bond acceptors (Lipinski definition) is 2. The van der Waals surface area contributed by atoms with Gasteiger partial charge in [-0.15, -0.1) is 0 Å². The first kappa shape index (κ1) is 11.5. The minimum absolute atomic E-state index is 0.0445. The van der Waals surface area contributed by atoms with Crippen molar-refractivity contribution >= 4 is 0 Å². The van der Waals surface area contributed by atoms with Crippen LogP contribution in [0.2, 0.25) is 0 Å². The van der Waals surface area contributed by atoms with Gasteiger partial charge in [-0.1, -0.05) is 29.8 Å². The number of aryl methyl sites for hydroxylation is 3. The Hall–Kier alpha value is -1.96. The highest BCUT2D eigenvalue weighted by molar-refractivity contribution is 5.78. The average Bonchev–Trinajstić information content (AvgIpc) is 2.27. The van der Waals surface area contributed by atoms with Gasteiger partial charge in [0.1, 0.15) is 0 Å². The quantitative estimate of drug-likeness (QED) is 0.731. The van der Waals surface area contributed by atoms with E-state index in [-0.39, 0.29) is 11.5 Å². The molecule has 0 saturated carbocycles. The maximum Gasteiger partial charge on any atom is 0.165 e. The van der Waals surface area contributed by atoms with Gasteiger partial charge in [0.05, 0.1) is 0 Å². The summed E-state index contributed by atoms with van der Waals surface area (Å²) in [5, 5.41) is 19.6. The molecule has 0 aromatic heterocycles. The molecule has 0 amide bonds. The highest BCUT2D eigenvalue weighted by atomic mass is 16.3. The minimum Gasteiger partial charge on any atom is -0.504 e. The molecular formula is C15H16O2. The minimum atomic E-state index is -0.0782. The number of aromatic hydroxyl groups is 2. The second kappa shape index (κ2) is 4.13. The number of phenolic OH excluding ortho intramolecular Hbond substituents is 2. The van der Waals surface area contributed by atoms with Crippen molar-refractivity contribution in [3.63, 3.8) is 0 Å². The summed E-state index contributed by atoms with van der Waals surface area (Å²) in [4.78, 5) is 0. The van der Waals surface area contributed by atoms with Crippen LogP contribution in [0.25, 0.3) is 11.1 Å². The van der Waals surface area contributed by atoms with Crippen LogP contribution in [-0.4, -0.2) is 10.2 Å². The Morgan fingerprint density at radius 3 is 2.18 bits per heavy atom. The lowest BCUT2D eigenvalue weighted by Crippen LogP contribution is -1.89. The SMILES string of the molecule is Cc1ccc(-c2c(C)ccc(O)c2O)c(C)c1. The van der Waals surface area contributed by atoms with E-state index < -0.39 is 0 Å². The molecule has 17 heavy (non-hydrogen) atoms. The van der Waals surface area contributed by atoms with Crippen molar-refractivity contribution in [2.75, 3.05) is 0 Å². The monoisotopic (exact) mass is 228 g/mol. The van der Waals surface area contributed by atoms with Crippen molar-refractivity contribution in [2.45, 2.75) is 20.8 Å². The Bertz CT molecular complexity index is 571. The van der Waals surface area contributed by atoms with Gasteiger partial charge < -0.3 is 10.2 Å². The number of benzene rings is 2. The molecule has 88 valence electrons. The zero-order valence-electron chi connectivity index (χ0n) is 10.3. The third kappa shape index (κ3) is 1.98. The fourth-order valence-electron chi connectivity index (χ4n) is 2.12. The molecule has 0 unspecified atom stereocenters. The molecule has 0 spiro atoms. The zero-order valence-corrected chi connectivity index (χ0v) is 10.3. The number of rotatable bonds is 1. The highest BCUT2D eigenvalue weighted by Crippen LogP contribution is 2.40. The van der Waals surface area contributed by atoms with Crippen molar-refractivity contribution in [1.29, 1.82) is 0 Å². The molecule has 2 heteroatoms. The fourth-order valence-corrected chi connectivity index (χ4v) is 2.12. The summed E-state index contributed by atoms with van der Waals surface area (Å²) in [6.07, 6.45) is 0. The lowest BCUT2D eigenvalue weighted by molar-refractivity contribution is 0.405. The third-order valence-electron chi connectivity index (χ3n) is 3.02. The molecule has 0 bridgehead atoms. The van der Waals surface area contributed by atoms with Gasteiger partial charge in [0, 0.05) is 5.56 Å². The van der Waals surface area contributed by atoms with Crippen LogP contribution in [0.5, 0.6) is 11.5 Å². The first-order chi connectivity index (χ1) is 8.00. The van der Waals surface area contributed by atoms with Gasteiger partial charge in [-0.05, 0) is 43.5 Å². The normalized spacial score (nSPS) is 10.5. The van der Waals surface area contributed by atoms with Crippen LogP contribution in [-0.2, 0) is 0 Å². The van der Waals surface area contributed by atoms with E-state index in [0.717, 1.165) is 16.7 Å². The van der Waals surface area contributed by atoms with E-state index in [2.05, 4.69) is 6.07 Å². The zero-order chi connectivity index (χ0) is 12.6. The first-order valence-corrected chi connectivity index (χ1v) is 5.60. The lowest BCUT2D eigenvalue weighted by atomic mass is 9.94. The summed E-state index contributed by atoms with van der Waals surface area (Å²) >= 11 is 0. The summed E-state index contributed by atoms with van der Waals surface area (Å²) in [5.74, 6) is -0.123. The molecule has 2 rings (SSSR count). The van der Waals surface area contributed by atoms with E-state index >= 15 is 0 Å². The molecule has 0 aliphatic heterocycles. The number of phenols is 2. The largest absolute Gasteiger partial charge is 0.504 e. The van der Waals surface area contributed by atoms with Gasteiger partial charge in [0.25, 0.3) is 0 Å². The van der Waals surface area contributed by atoms with Crippen LogP contribution >= 0.6 is 0 Å². The summed E-state index contributed by atoms with van der Waals surface area (Å²) in [6.45, 7) is 5.96. The molecule has 0 atom stereocenters. The molecule has 0 saturated heterocycles. The lowest BCUT2D eigenvalue weighted by Gasteiger charge is -2.13. The maximum atomic E-state index is 9.98. The molecular weight excluding hydrogens is 212 g/mol. The Balaban J connectivity index is 2.72. The summed E-state index contributed by atoms with van der Waals surface area (Å²) in [7, 11) is 0. The van der Waals surface area contributed by atoms with E-state index in [0.29, 0.717) is 5.56 Å². The predicted molar refractivity (Wildman–Crippen MR) is 69.4 cm³/mol. The molecule has 0 fully saturated rings.